The molecule has 4 nitrogen and oxygen atoms in total. The fraction of sp³-hybridized carbons (Fsp3) is 0.0667. The van der Waals surface area contributed by atoms with Crippen LogP contribution in [0, 0.1) is 6.92 Å². The van der Waals surface area contributed by atoms with Crippen LogP contribution in [0.1, 0.15) is 5.56 Å². The number of aryl methyl sites for hydroxylation is 1. The van der Waals surface area contributed by atoms with Crippen molar-refractivity contribution >= 4 is 5.82 Å². The number of aromatic nitrogens is 3. The fourth-order valence-corrected chi connectivity index (χ4v) is 2.15. The second-order valence-electron chi connectivity index (χ2n) is 4.37. The van der Waals surface area contributed by atoms with Crippen LogP contribution in [-0.4, -0.2) is 14.5 Å². The quantitative estimate of drug-likeness (QED) is 0.760. The molecule has 2 aromatic heterocycles. The summed E-state index contributed by atoms with van der Waals surface area (Å²) in [7, 11) is 0. The molecule has 0 saturated carbocycles. The fourth-order valence-electron chi connectivity index (χ4n) is 2.15. The molecular formula is C15H14N4. The Balaban J connectivity index is 2.20. The van der Waals surface area contributed by atoms with Gasteiger partial charge < -0.3 is 5.73 Å². The minimum absolute atomic E-state index is 0.512. The van der Waals surface area contributed by atoms with E-state index in [2.05, 4.69) is 29.0 Å². The second-order valence-corrected chi connectivity index (χ2v) is 4.37. The van der Waals surface area contributed by atoms with Crippen molar-refractivity contribution in [1.82, 2.24) is 14.5 Å². The highest BCUT2D eigenvalue weighted by Gasteiger charge is 2.11. The first-order chi connectivity index (χ1) is 9.27. The van der Waals surface area contributed by atoms with Gasteiger partial charge in [0.25, 0.3) is 0 Å². The van der Waals surface area contributed by atoms with Gasteiger partial charge in [0, 0.05) is 11.8 Å². The van der Waals surface area contributed by atoms with Crippen molar-refractivity contribution in [3.63, 3.8) is 0 Å². The summed E-state index contributed by atoms with van der Waals surface area (Å²) in [6.45, 7) is 2.08. The molecule has 1 aromatic carbocycles. The van der Waals surface area contributed by atoms with Crippen molar-refractivity contribution in [2.45, 2.75) is 6.92 Å². The number of nitrogen functional groups attached to an aromatic ring is 1. The van der Waals surface area contributed by atoms with E-state index in [9.17, 15) is 0 Å². The van der Waals surface area contributed by atoms with Crippen LogP contribution in [0.3, 0.4) is 0 Å². The number of hydrogen-bond acceptors (Lipinski definition) is 3. The summed E-state index contributed by atoms with van der Waals surface area (Å²) in [6, 6.07) is 12.0. The van der Waals surface area contributed by atoms with E-state index in [0.717, 1.165) is 16.9 Å². The standard InChI is InChI=1S/C15H14N4/c1-11-5-2-3-7-13(11)19-10-17-9-14(19)12-6-4-8-18-15(12)16/h2-10H,1H3,(H2,16,18). The van der Waals surface area contributed by atoms with Crippen molar-refractivity contribution in [3.05, 3.63) is 60.7 Å². The number of para-hydroxylation sites is 1. The van der Waals surface area contributed by atoms with Gasteiger partial charge in [-0.2, -0.15) is 0 Å². The zero-order chi connectivity index (χ0) is 13.2. The topological polar surface area (TPSA) is 56.7 Å². The van der Waals surface area contributed by atoms with Crippen molar-refractivity contribution in [2.24, 2.45) is 0 Å². The third-order valence-electron chi connectivity index (χ3n) is 3.13. The number of pyridine rings is 1. The average Bonchev–Trinajstić information content (AvgIpc) is 2.89. The highest BCUT2D eigenvalue weighted by atomic mass is 15.1. The van der Waals surface area contributed by atoms with Crippen LogP contribution in [0.5, 0.6) is 0 Å². The molecule has 2 heterocycles. The maximum atomic E-state index is 5.94. The van der Waals surface area contributed by atoms with Crippen LogP contribution in [0.2, 0.25) is 0 Å². The third-order valence-corrected chi connectivity index (χ3v) is 3.13. The highest BCUT2D eigenvalue weighted by Crippen LogP contribution is 2.27. The Morgan fingerprint density at radius 3 is 2.74 bits per heavy atom. The van der Waals surface area contributed by atoms with Gasteiger partial charge in [-0.05, 0) is 30.7 Å². The monoisotopic (exact) mass is 250 g/mol. The summed E-state index contributed by atoms with van der Waals surface area (Å²) in [6.07, 6.45) is 5.29. The molecule has 4 heteroatoms. The first-order valence-electron chi connectivity index (χ1n) is 6.06. The Morgan fingerprint density at radius 1 is 1.11 bits per heavy atom. The van der Waals surface area contributed by atoms with Crippen LogP contribution in [0.15, 0.2) is 55.1 Å². The molecular weight excluding hydrogens is 236 g/mol. The molecule has 0 atom stereocenters. The summed E-state index contributed by atoms with van der Waals surface area (Å²) in [5.41, 5.74) is 10.1. The zero-order valence-corrected chi connectivity index (χ0v) is 10.6. The van der Waals surface area contributed by atoms with Crippen LogP contribution in [-0.2, 0) is 0 Å². The Hall–Kier alpha value is -2.62. The lowest BCUT2D eigenvalue weighted by Gasteiger charge is -2.11. The van der Waals surface area contributed by atoms with Crippen molar-refractivity contribution in [2.75, 3.05) is 5.73 Å². The maximum Gasteiger partial charge on any atom is 0.132 e. The summed E-state index contributed by atoms with van der Waals surface area (Å²) < 4.78 is 2.03. The zero-order valence-electron chi connectivity index (χ0n) is 10.6. The molecule has 94 valence electrons. The van der Waals surface area contributed by atoms with Gasteiger partial charge in [0.1, 0.15) is 5.82 Å². The smallest absolute Gasteiger partial charge is 0.132 e. The number of anilines is 1. The summed E-state index contributed by atoms with van der Waals surface area (Å²) >= 11 is 0. The molecule has 0 aliphatic carbocycles. The predicted molar refractivity (Wildman–Crippen MR) is 75.9 cm³/mol. The molecule has 0 radical (unpaired) electrons. The van der Waals surface area contributed by atoms with Gasteiger partial charge >= 0.3 is 0 Å². The molecule has 3 rings (SSSR count). The van der Waals surface area contributed by atoms with Crippen molar-refractivity contribution in [1.29, 1.82) is 0 Å². The number of imidazole rings is 1. The Bertz CT molecular complexity index is 655. The van der Waals surface area contributed by atoms with Crippen LogP contribution in [0.25, 0.3) is 16.9 Å². The largest absolute Gasteiger partial charge is 0.383 e. The van der Waals surface area contributed by atoms with Gasteiger partial charge in [0.2, 0.25) is 0 Å². The summed E-state index contributed by atoms with van der Waals surface area (Å²) in [4.78, 5) is 8.37. The molecule has 0 aliphatic rings. The van der Waals surface area contributed by atoms with Gasteiger partial charge in [0.05, 0.1) is 23.9 Å². The first-order valence-corrected chi connectivity index (χ1v) is 6.06. The van der Waals surface area contributed by atoms with E-state index >= 15 is 0 Å². The lowest BCUT2D eigenvalue weighted by atomic mass is 10.1. The van der Waals surface area contributed by atoms with Crippen molar-refractivity contribution in [3.8, 4) is 16.9 Å². The van der Waals surface area contributed by atoms with Gasteiger partial charge in [-0.3, -0.25) is 4.57 Å². The van der Waals surface area contributed by atoms with Crippen LogP contribution >= 0.6 is 0 Å². The van der Waals surface area contributed by atoms with E-state index in [1.54, 1.807) is 18.7 Å². The molecule has 0 fully saturated rings. The van der Waals surface area contributed by atoms with E-state index in [1.807, 2.05) is 28.8 Å². The predicted octanol–water partition coefficient (Wildman–Crippen LogP) is 2.82. The Labute approximate surface area is 111 Å². The molecule has 19 heavy (non-hydrogen) atoms. The average molecular weight is 250 g/mol. The number of nitrogens with two attached hydrogens (primary N) is 1. The molecule has 0 spiro atoms. The van der Waals surface area contributed by atoms with E-state index in [4.69, 9.17) is 5.73 Å². The van der Waals surface area contributed by atoms with Gasteiger partial charge in [0.15, 0.2) is 0 Å². The minimum Gasteiger partial charge on any atom is -0.383 e. The first kappa shape index (κ1) is 11.5. The third kappa shape index (κ3) is 1.97. The molecule has 2 N–H and O–H groups in total. The summed E-state index contributed by atoms with van der Waals surface area (Å²) in [5.74, 6) is 0.512. The van der Waals surface area contributed by atoms with Crippen LogP contribution in [0.4, 0.5) is 5.82 Å². The second kappa shape index (κ2) is 4.57. The number of benzene rings is 1. The maximum absolute atomic E-state index is 5.94. The van der Waals surface area contributed by atoms with Crippen molar-refractivity contribution < 1.29 is 0 Å². The molecule has 0 unspecified atom stereocenters. The van der Waals surface area contributed by atoms with E-state index in [0.29, 0.717) is 5.82 Å². The van der Waals surface area contributed by atoms with E-state index < -0.39 is 0 Å². The number of hydrogen-bond donors (Lipinski definition) is 1. The minimum atomic E-state index is 0.512. The van der Waals surface area contributed by atoms with Crippen LogP contribution < -0.4 is 5.73 Å². The summed E-state index contributed by atoms with van der Waals surface area (Å²) in [5, 5.41) is 0. The van der Waals surface area contributed by atoms with Gasteiger partial charge in [-0.15, -0.1) is 0 Å². The van der Waals surface area contributed by atoms with Gasteiger partial charge in [-0.25, -0.2) is 9.97 Å². The van der Waals surface area contributed by atoms with Gasteiger partial charge in [-0.1, -0.05) is 18.2 Å². The molecule has 0 bridgehead atoms. The SMILES string of the molecule is Cc1ccccc1-n1cncc1-c1cccnc1N. The normalized spacial score (nSPS) is 10.6. The van der Waals surface area contributed by atoms with E-state index in [-0.39, 0.29) is 0 Å². The Morgan fingerprint density at radius 2 is 1.95 bits per heavy atom. The molecule has 0 aliphatic heterocycles. The Kier molecular flexibility index (Phi) is 2.76. The highest BCUT2D eigenvalue weighted by molar-refractivity contribution is 5.72. The lowest BCUT2D eigenvalue weighted by molar-refractivity contribution is 1.04. The lowest BCUT2D eigenvalue weighted by Crippen LogP contribution is -2.00. The van der Waals surface area contributed by atoms with E-state index in [1.165, 1.54) is 5.56 Å². The molecule has 0 amide bonds. The number of nitrogens with zero attached hydrogens (tertiary/aromatic N) is 3. The number of rotatable bonds is 2. The molecule has 3 aromatic rings. The molecule has 0 saturated heterocycles.